The Balaban J connectivity index is 2.85. The van der Waals surface area contributed by atoms with Gasteiger partial charge in [0.2, 0.25) is 0 Å². The lowest BCUT2D eigenvalue weighted by Crippen LogP contribution is -2.07. The molecular formula is C7H5FN4O2. The summed E-state index contributed by atoms with van der Waals surface area (Å²) < 4.78 is 13.7. The van der Waals surface area contributed by atoms with E-state index in [1.807, 2.05) is 0 Å². The fourth-order valence-corrected chi connectivity index (χ4v) is 1.11. The van der Waals surface area contributed by atoms with Gasteiger partial charge in [0.05, 0.1) is 12.4 Å². The van der Waals surface area contributed by atoms with Crippen molar-refractivity contribution >= 4 is 23.1 Å². The summed E-state index contributed by atoms with van der Waals surface area (Å²) >= 11 is 0. The average molecular weight is 196 g/mol. The molecule has 14 heavy (non-hydrogen) atoms. The van der Waals surface area contributed by atoms with E-state index in [2.05, 4.69) is 9.97 Å². The van der Waals surface area contributed by atoms with Crippen LogP contribution < -0.4 is 5.73 Å². The second kappa shape index (κ2) is 2.66. The molecule has 0 atom stereocenters. The van der Waals surface area contributed by atoms with Crippen LogP contribution >= 0.6 is 0 Å². The zero-order valence-electron chi connectivity index (χ0n) is 6.81. The molecule has 6 nitrogen and oxygen atoms in total. The monoisotopic (exact) mass is 196 g/mol. The van der Waals surface area contributed by atoms with Crippen LogP contribution in [0.3, 0.4) is 0 Å². The summed E-state index contributed by atoms with van der Waals surface area (Å²) in [7, 11) is 0. The van der Waals surface area contributed by atoms with Crippen molar-refractivity contribution in [3.8, 4) is 0 Å². The van der Waals surface area contributed by atoms with Gasteiger partial charge >= 0.3 is 6.09 Å². The lowest BCUT2D eigenvalue weighted by atomic mass is 10.5. The van der Waals surface area contributed by atoms with Crippen molar-refractivity contribution in [1.82, 2.24) is 14.5 Å². The molecule has 72 valence electrons. The largest absolute Gasteiger partial charge is 0.464 e. The topological polar surface area (TPSA) is 94.0 Å². The van der Waals surface area contributed by atoms with Gasteiger partial charge in [-0.05, 0) is 0 Å². The smallest absolute Gasteiger partial charge is 0.417 e. The summed E-state index contributed by atoms with van der Waals surface area (Å²) in [5.74, 6) is -0.701. The average Bonchev–Trinajstić information content (AvgIpc) is 2.43. The van der Waals surface area contributed by atoms with Crippen molar-refractivity contribution in [1.29, 1.82) is 0 Å². The first-order valence-corrected chi connectivity index (χ1v) is 3.62. The van der Waals surface area contributed by atoms with E-state index in [4.69, 9.17) is 10.8 Å². The van der Waals surface area contributed by atoms with Crippen molar-refractivity contribution in [3.63, 3.8) is 0 Å². The Morgan fingerprint density at radius 1 is 1.64 bits per heavy atom. The number of carbonyl (C=O) groups is 1. The Morgan fingerprint density at radius 2 is 2.36 bits per heavy atom. The third-order valence-electron chi connectivity index (χ3n) is 1.68. The fraction of sp³-hybridized carbons (Fsp3) is 0. The maximum absolute atomic E-state index is 13.1. The molecule has 0 aliphatic rings. The normalized spacial score (nSPS) is 10.6. The van der Waals surface area contributed by atoms with E-state index in [1.54, 1.807) is 0 Å². The lowest BCUT2D eigenvalue weighted by Gasteiger charge is -1.96. The van der Waals surface area contributed by atoms with Gasteiger partial charge in [0.1, 0.15) is 11.3 Å². The van der Waals surface area contributed by atoms with Gasteiger partial charge in [-0.15, -0.1) is 0 Å². The van der Waals surface area contributed by atoms with E-state index in [0.717, 1.165) is 12.4 Å². The first-order valence-electron chi connectivity index (χ1n) is 3.62. The molecule has 0 aromatic carbocycles. The van der Waals surface area contributed by atoms with Crippen LogP contribution in [0.1, 0.15) is 0 Å². The van der Waals surface area contributed by atoms with Crippen molar-refractivity contribution in [2.24, 2.45) is 0 Å². The van der Waals surface area contributed by atoms with Gasteiger partial charge in [0.25, 0.3) is 0 Å². The van der Waals surface area contributed by atoms with Gasteiger partial charge in [0, 0.05) is 0 Å². The number of nitrogens with zero attached hydrogens (tertiary/aromatic N) is 3. The van der Waals surface area contributed by atoms with Crippen LogP contribution in [0.5, 0.6) is 0 Å². The molecule has 2 aromatic rings. The molecule has 0 amide bonds. The van der Waals surface area contributed by atoms with Crippen molar-refractivity contribution in [3.05, 3.63) is 18.2 Å². The van der Waals surface area contributed by atoms with Crippen molar-refractivity contribution in [2.75, 3.05) is 5.73 Å². The second-order valence-corrected chi connectivity index (χ2v) is 2.60. The maximum Gasteiger partial charge on any atom is 0.417 e. The number of nitrogens with two attached hydrogens (primary N) is 1. The first kappa shape index (κ1) is 8.42. The maximum atomic E-state index is 13.1. The summed E-state index contributed by atoms with van der Waals surface area (Å²) in [6.45, 7) is 0. The summed E-state index contributed by atoms with van der Waals surface area (Å²) in [6.07, 6.45) is 0.628. The van der Waals surface area contributed by atoms with Gasteiger partial charge in [0.15, 0.2) is 11.5 Å². The van der Waals surface area contributed by atoms with E-state index in [-0.39, 0.29) is 17.0 Å². The highest BCUT2D eigenvalue weighted by molar-refractivity contribution is 5.84. The minimum atomic E-state index is -1.33. The highest BCUT2D eigenvalue weighted by atomic mass is 19.1. The van der Waals surface area contributed by atoms with Gasteiger partial charge in [-0.1, -0.05) is 0 Å². The first-order chi connectivity index (χ1) is 6.59. The summed E-state index contributed by atoms with van der Waals surface area (Å²) in [5.41, 5.74) is 5.09. The molecule has 0 bridgehead atoms. The molecule has 0 radical (unpaired) electrons. The van der Waals surface area contributed by atoms with E-state index >= 15 is 0 Å². The molecule has 3 N–H and O–H groups in total. The summed E-state index contributed by atoms with van der Waals surface area (Å²) in [6, 6.07) is 0. The Bertz CT molecular complexity index is 522. The number of fused-ring (bicyclic) bond motifs is 1. The molecular weight excluding hydrogens is 191 g/mol. The standard InChI is InChI=1S/C7H5FN4O2/c8-3-2-12(7(13)14)6-5(3)10-1-4(9)11-6/h1-2H,(H2,9,11)(H,13,14). The van der Waals surface area contributed by atoms with E-state index in [1.165, 1.54) is 0 Å². The van der Waals surface area contributed by atoms with Crippen LogP contribution in [0.4, 0.5) is 15.0 Å². The van der Waals surface area contributed by atoms with Crippen molar-refractivity contribution in [2.45, 2.75) is 0 Å². The van der Waals surface area contributed by atoms with Gasteiger partial charge in [-0.25, -0.2) is 23.7 Å². The minimum absolute atomic E-state index is 0.0399. The number of anilines is 1. The number of carboxylic acid groups (broad SMARTS) is 1. The number of aromatic nitrogens is 3. The molecule has 0 saturated carbocycles. The van der Waals surface area contributed by atoms with Crippen LogP contribution in [0.15, 0.2) is 12.4 Å². The quantitative estimate of drug-likeness (QED) is 0.646. The van der Waals surface area contributed by atoms with Crippen LogP contribution in [0, 0.1) is 5.82 Å². The molecule has 0 fully saturated rings. The number of hydrogen-bond donors (Lipinski definition) is 2. The van der Waals surface area contributed by atoms with Crippen LogP contribution in [-0.4, -0.2) is 25.7 Å². The lowest BCUT2D eigenvalue weighted by molar-refractivity contribution is 0.197. The number of rotatable bonds is 0. The third kappa shape index (κ3) is 1.06. The Morgan fingerprint density at radius 3 is 3.00 bits per heavy atom. The van der Waals surface area contributed by atoms with Crippen molar-refractivity contribution < 1.29 is 14.3 Å². The number of halogens is 1. The molecule has 2 aromatic heterocycles. The molecule has 7 heteroatoms. The van der Waals surface area contributed by atoms with Crippen LogP contribution in [0.25, 0.3) is 11.2 Å². The molecule has 2 heterocycles. The summed E-state index contributed by atoms with van der Waals surface area (Å²) in [4.78, 5) is 17.9. The Labute approximate surface area is 76.8 Å². The zero-order chi connectivity index (χ0) is 10.3. The predicted octanol–water partition coefficient (Wildman–Crippen LogP) is 0.679. The number of hydrogen-bond acceptors (Lipinski definition) is 4. The Hall–Kier alpha value is -2.18. The molecule has 0 spiro atoms. The highest BCUT2D eigenvalue weighted by Gasteiger charge is 2.15. The molecule has 0 saturated heterocycles. The van der Waals surface area contributed by atoms with E-state index in [9.17, 15) is 9.18 Å². The zero-order valence-corrected chi connectivity index (χ0v) is 6.81. The van der Waals surface area contributed by atoms with Gasteiger partial charge < -0.3 is 10.8 Å². The van der Waals surface area contributed by atoms with Crippen LogP contribution in [0.2, 0.25) is 0 Å². The number of nitrogen functional groups attached to an aromatic ring is 1. The van der Waals surface area contributed by atoms with Gasteiger partial charge in [-0.3, -0.25) is 0 Å². The third-order valence-corrected chi connectivity index (χ3v) is 1.68. The van der Waals surface area contributed by atoms with Crippen LogP contribution in [-0.2, 0) is 0 Å². The fourth-order valence-electron chi connectivity index (χ4n) is 1.11. The second-order valence-electron chi connectivity index (χ2n) is 2.60. The van der Waals surface area contributed by atoms with E-state index < -0.39 is 11.9 Å². The highest BCUT2D eigenvalue weighted by Crippen LogP contribution is 2.16. The Kier molecular flexibility index (Phi) is 1.60. The SMILES string of the molecule is Nc1cnc2c(F)cn(C(=O)O)c2n1. The van der Waals surface area contributed by atoms with E-state index in [0.29, 0.717) is 4.57 Å². The molecule has 0 unspecified atom stereocenters. The molecule has 0 aliphatic heterocycles. The minimum Gasteiger partial charge on any atom is -0.464 e. The van der Waals surface area contributed by atoms with Gasteiger partial charge in [-0.2, -0.15) is 0 Å². The predicted molar refractivity (Wildman–Crippen MR) is 45.3 cm³/mol. The summed E-state index contributed by atoms with van der Waals surface area (Å²) in [5, 5.41) is 8.67. The molecule has 0 aliphatic carbocycles. The molecule has 2 rings (SSSR count).